The van der Waals surface area contributed by atoms with Gasteiger partial charge in [-0.25, -0.2) is 0 Å². The molecule has 0 spiro atoms. The van der Waals surface area contributed by atoms with Gasteiger partial charge in [0.05, 0.1) is 24.4 Å². The summed E-state index contributed by atoms with van der Waals surface area (Å²) in [6.07, 6.45) is 9.27. The van der Waals surface area contributed by atoms with Crippen LogP contribution >= 0.6 is 0 Å². The Hall–Kier alpha value is -2.43. The molecule has 0 unspecified atom stereocenters. The highest BCUT2D eigenvalue weighted by molar-refractivity contribution is 5.75. The van der Waals surface area contributed by atoms with Gasteiger partial charge in [0, 0.05) is 23.4 Å². The van der Waals surface area contributed by atoms with Crippen LogP contribution in [0.15, 0.2) is 36.7 Å². The minimum atomic E-state index is -0.735. The largest absolute Gasteiger partial charge is 0.492 e. The Morgan fingerprint density at radius 2 is 2.04 bits per heavy atom. The second kappa shape index (κ2) is 7.67. The highest BCUT2D eigenvalue weighted by Crippen LogP contribution is 2.47. The molecule has 4 rings (SSSR count). The Morgan fingerprint density at radius 1 is 1.22 bits per heavy atom. The zero-order chi connectivity index (χ0) is 18.8. The zero-order valence-corrected chi connectivity index (χ0v) is 15.7. The molecule has 2 saturated carbocycles. The Labute approximate surface area is 159 Å². The lowest BCUT2D eigenvalue weighted by Gasteiger charge is -2.26. The van der Waals surface area contributed by atoms with E-state index in [0.29, 0.717) is 12.3 Å². The van der Waals surface area contributed by atoms with Crippen LogP contribution in [0.1, 0.15) is 50.6 Å². The minimum absolute atomic E-state index is 0.0311. The van der Waals surface area contributed by atoms with Gasteiger partial charge in [-0.05, 0) is 49.3 Å². The van der Waals surface area contributed by atoms with Gasteiger partial charge < -0.3 is 9.84 Å². The van der Waals surface area contributed by atoms with Gasteiger partial charge in [-0.2, -0.15) is 0 Å². The van der Waals surface area contributed by atoms with E-state index in [4.69, 9.17) is 9.84 Å². The van der Waals surface area contributed by atoms with Gasteiger partial charge >= 0.3 is 5.97 Å². The second-order valence-corrected chi connectivity index (χ2v) is 8.08. The van der Waals surface area contributed by atoms with Crippen LogP contribution in [-0.2, 0) is 4.79 Å². The van der Waals surface area contributed by atoms with Crippen LogP contribution in [-0.4, -0.2) is 27.7 Å². The van der Waals surface area contributed by atoms with Gasteiger partial charge in [0.2, 0.25) is 0 Å². The van der Waals surface area contributed by atoms with Crippen LogP contribution in [0, 0.1) is 17.8 Å². The van der Waals surface area contributed by atoms with E-state index in [2.05, 4.69) is 16.9 Å². The highest BCUT2D eigenvalue weighted by Gasteiger charge is 2.45. The Morgan fingerprint density at radius 3 is 2.78 bits per heavy atom. The van der Waals surface area contributed by atoms with E-state index in [1.165, 1.54) is 25.7 Å². The monoisotopic (exact) mass is 366 g/mol. The number of hydrogen-bond donors (Lipinski definition) is 1. The fourth-order valence-electron chi connectivity index (χ4n) is 3.96. The molecule has 5 nitrogen and oxygen atoms in total. The number of carboxylic acid groups (broad SMARTS) is 1. The third kappa shape index (κ3) is 4.29. The van der Waals surface area contributed by atoms with Crippen LogP contribution in [0.25, 0.3) is 11.3 Å². The van der Waals surface area contributed by atoms with Crippen molar-refractivity contribution in [3.05, 3.63) is 42.4 Å². The topological polar surface area (TPSA) is 72.3 Å². The molecule has 27 heavy (non-hydrogen) atoms. The predicted octanol–water partition coefficient (Wildman–Crippen LogP) is 4.54. The summed E-state index contributed by atoms with van der Waals surface area (Å²) >= 11 is 0. The summed E-state index contributed by atoms with van der Waals surface area (Å²) < 4.78 is 6.01. The van der Waals surface area contributed by atoms with Crippen LogP contribution in [0.4, 0.5) is 0 Å². The van der Waals surface area contributed by atoms with E-state index in [-0.39, 0.29) is 11.8 Å². The molecule has 2 aromatic rings. The molecule has 2 aromatic heterocycles. The van der Waals surface area contributed by atoms with Crippen molar-refractivity contribution in [2.24, 2.45) is 17.8 Å². The maximum absolute atomic E-state index is 11.1. The molecule has 2 aliphatic rings. The number of carboxylic acids is 1. The normalized spacial score (nSPS) is 27.1. The molecule has 142 valence electrons. The van der Waals surface area contributed by atoms with Crippen LogP contribution in [0.2, 0.25) is 0 Å². The van der Waals surface area contributed by atoms with Crippen molar-refractivity contribution in [2.75, 3.05) is 6.61 Å². The Kier molecular flexibility index (Phi) is 5.10. The molecule has 0 bridgehead atoms. The van der Waals surface area contributed by atoms with Gasteiger partial charge in [0.1, 0.15) is 5.75 Å². The molecule has 0 aromatic carbocycles. The quantitative estimate of drug-likeness (QED) is 0.813. The number of rotatable bonds is 6. The highest BCUT2D eigenvalue weighted by atomic mass is 16.5. The van der Waals surface area contributed by atoms with E-state index in [1.807, 2.05) is 24.3 Å². The first-order valence-electron chi connectivity index (χ1n) is 9.88. The summed E-state index contributed by atoms with van der Waals surface area (Å²) in [5.41, 5.74) is 2.56. The average molecular weight is 366 g/mol. The lowest BCUT2D eigenvalue weighted by molar-refractivity contribution is -0.138. The van der Waals surface area contributed by atoms with Crippen molar-refractivity contribution >= 4 is 5.97 Å². The van der Waals surface area contributed by atoms with Crippen LogP contribution < -0.4 is 4.74 Å². The molecule has 2 fully saturated rings. The Bertz CT molecular complexity index is 815. The fraction of sp³-hybridized carbons (Fsp3) is 0.500. The molecule has 0 amide bonds. The van der Waals surface area contributed by atoms with Crippen molar-refractivity contribution in [2.45, 2.75) is 44.9 Å². The van der Waals surface area contributed by atoms with E-state index >= 15 is 0 Å². The molecule has 5 heteroatoms. The maximum atomic E-state index is 11.1. The molecule has 2 heterocycles. The fourth-order valence-corrected chi connectivity index (χ4v) is 3.96. The van der Waals surface area contributed by atoms with E-state index in [9.17, 15) is 4.79 Å². The summed E-state index contributed by atoms with van der Waals surface area (Å²) in [4.78, 5) is 20.1. The average Bonchev–Trinajstić information content (AvgIpc) is 3.49. The molecular formula is C22H26N2O3. The minimum Gasteiger partial charge on any atom is -0.492 e. The number of nitrogens with zero attached hydrogens (tertiary/aromatic N) is 2. The molecule has 0 saturated heterocycles. The molecule has 2 atom stereocenters. The summed E-state index contributed by atoms with van der Waals surface area (Å²) in [5.74, 6) is 1.25. The number of aromatic nitrogens is 2. The van der Waals surface area contributed by atoms with Gasteiger partial charge in [-0.1, -0.05) is 25.8 Å². The van der Waals surface area contributed by atoms with Crippen molar-refractivity contribution in [1.29, 1.82) is 0 Å². The van der Waals surface area contributed by atoms with Gasteiger partial charge in [-0.15, -0.1) is 0 Å². The van der Waals surface area contributed by atoms with Crippen molar-refractivity contribution < 1.29 is 14.6 Å². The molecule has 0 radical (unpaired) electrons. The predicted molar refractivity (Wildman–Crippen MR) is 103 cm³/mol. The number of aliphatic carboxylic acids is 1. The van der Waals surface area contributed by atoms with Gasteiger partial charge in [-0.3, -0.25) is 14.8 Å². The van der Waals surface area contributed by atoms with Crippen molar-refractivity contribution in [3.8, 4) is 17.0 Å². The third-order valence-corrected chi connectivity index (χ3v) is 5.89. The van der Waals surface area contributed by atoms with Gasteiger partial charge in [0.15, 0.2) is 0 Å². The first-order chi connectivity index (χ1) is 13.1. The standard InChI is InChI=1S/C22H26N2O3/c1-14-5-7-15(8-6-14)13-27-17-9-16(11-23-12-17)20-3-2-4-21(24-20)18-10-19(18)22(25)26/h2-4,9,11-12,14-15,18-19H,5-8,10,13H2,1H3,(H,25,26)/t14-,15-,18-,19-/m0/s1. The number of hydrogen-bond acceptors (Lipinski definition) is 4. The summed E-state index contributed by atoms with van der Waals surface area (Å²) in [5, 5.41) is 9.13. The molecule has 1 N–H and O–H groups in total. The van der Waals surface area contributed by atoms with Gasteiger partial charge in [0.25, 0.3) is 0 Å². The van der Waals surface area contributed by atoms with Crippen molar-refractivity contribution in [1.82, 2.24) is 9.97 Å². The van der Waals surface area contributed by atoms with E-state index < -0.39 is 5.97 Å². The SMILES string of the molecule is C[C@H]1CC[C@H](COc2cncc(-c3cccc([C@H]4C[C@@H]4C(=O)O)n3)c2)CC1. The lowest BCUT2D eigenvalue weighted by atomic mass is 9.83. The lowest BCUT2D eigenvalue weighted by Crippen LogP contribution is -2.18. The van der Waals surface area contributed by atoms with Crippen molar-refractivity contribution in [3.63, 3.8) is 0 Å². The molecule has 0 aliphatic heterocycles. The van der Waals surface area contributed by atoms with Crippen LogP contribution in [0.3, 0.4) is 0 Å². The molecule has 2 aliphatic carbocycles. The summed E-state index contributed by atoms with van der Waals surface area (Å²) in [7, 11) is 0. The van der Waals surface area contributed by atoms with Crippen LogP contribution in [0.5, 0.6) is 5.75 Å². The first kappa shape index (κ1) is 18.0. The third-order valence-electron chi connectivity index (χ3n) is 5.89. The number of ether oxygens (including phenoxy) is 1. The summed E-state index contributed by atoms with van der Waals surface area (Å²) in [6, 6.07) is 7.76. The number of carbonyl (C=O) groups is 1. The summed E-state index contributed by atoms with van der Waals surface area (Å²) in [6.45, 7) is 3.07. The molecular weight excluding hydrogens is 340 g/mol. The first-order valence-corrected chi connectivity index (χ1v) is 9.88. The second-order valence-electron chi connectivity index (χ2n) is 8.08. The smallest absolute Gasteiger partial charge is 0.307 e. The van der Waals surface area contributed by atoms with E-state index in [1.54, 1.807) is 12.4 Å². The van der Waals surface area contributed by atoms with E-state index in [0.717, 1.165) is 35.2 Å². The Balaban J connectivity index is 1.42. The maximum Gasteiger partial charge on any atom is 0.307 e. The zero-order valence-electron chi connectivity index (χ0n) is 15.7. The number of pyridine rings is 2.